The van der Waals surface area contributed by atoms with Crippen LogP contribution in [0.25, 0.3) is 0 Å². The van der Waals surface area contributed by atoms with E-state index in [0.717, 1.165) is 0 Å². The highest BCUT2D eigenvalue weighted by atomic mass is 35.5. The number of benzene rings is 2. The Morgan fingerprint density at radius 1 is 1.11 bits per heavy atom. The van der Waals surface area contributed by atoms with Gasteiger partial charge >= 0.3 is 5.97 Å². The number of anilines is 1. The number of hydrogen-bond acceptors (Lipinski definition) is 5. The van der Waals surface area contributed by atoms with Gasteiger partial charge in [-0.1, -0.05) is 11.6 Å². The molecule has 3 rings (SSSR count). The number of nitrogens with zero attached hydrogens (tertiary/aromatic N) is 1. The van der Waals surface area contributed by atoms with E-state index in [0.29, 0.717) is 22.0 Å². The molecule has 6 nitrogen and oxygen atoms in total. The molecule has 1 unspecified atom stereocenters. The maximum absolute atomic E-state index is 12.3. The number of methoxy groups -OCH3 is 1. The van der Waals surface area contributed by atoms with Gasteiger partial charge in [0.2, 0.25) is 5.91 Å². The van der Waals surface area contributed by atoms with Crippen molar-refractivity contribution in [3.8, 4) is 5.75 Å². The van der Waals surface area contributed by atoms with Gasteiger partial charge in [-0.3, -0.25) is 14.4 Å². The third-order valence-corrected chi connectivity index (χ3v) is 4.61. The van der Waals surface area contributed by atoms with Crippen molar-refractivity contribution >= 4 is 34.9 Å². The third kappa shape index (κ3) is 4.46. The van der Waals surface area contributed by atoms with Gasteiger partial charge in [-0.15, -0.1) is 0 Å². The molecule has 1 aliphatic heterocycles. The predicted molar refractivity (Wildman–Crippen MR) is 100 cm³/mol. The number of ketones is 1. The van der Waals surface area contributed by atoms with Crippen LogP contribution in [0.5, 0.6) is 5.75 Å². The lowest BCUT2D eigenvalue weighted by Gasteiger charge is -2.16. The fraction of sp³-hybridized carbons (Fsp3) is 0.250. The lowest BCUT2D eigenvalue weighted by Crippen LogP contribution is -2.27. The molecule has 0 saturated carbocycles. The molecule has 0 bridgehead atoms. The van der Waals surface area contributed by atoms with Gasteiger partial charge in [0, 0.05) is 29.2 Å². The van der Waals surface area contributed by atoms with E-state index in [9.17, 15) is 14.4 Å². The van der Waals surface area contributed by atoms with Gasteiger partial charge in [-0.05, 0) is 48.5 Å². The standard InChI is InChI=1S/C20H18ClNO5/c1-26-17-8-6-16(7-9-17)22-11-14(10-19(22)24)20(25)27-12-18(23)13-2-4-15(21)5-3-13/h2-9,14H,10-12H2,1H3. The molecule has 0 spiro atoms. The second kappa shape index (κ2) is 8.22. The highest BCUT2D eigenvalue weighted by molar-refractivity contribution is 6.30. The van der Waals surface area contributed by atoms with Gasteiger partial charge in [-0.25, -0.2) is 0 Å². The summed E-state index contributed by atoms with van der Waals surface area (Å²) in [7, 11) is 1.56. The topological polar surface area (TPSA) is 72.9 Å². The number of hydrogen-bond donors (Lipinski definition) is 0. The van der Waals surface area contributed by atoms with Crippen molar-refractivity contribution in [1.29, 1.82) is 0 Å². The number of halogens is 1. The summed E-state index contributed by atoms with van der Waals surface area (Å²) in [6.07, 6.45) is 0.0556. The monoisotopic (exact) mass is 387 g/mol. The Bertz CT molecular complexity index is 848. The molecule has 0 radical (unpaired) electrons. The Labute approximate surface area is 161 Å². The Hall–Kier alpha value is -2.86. The van der Waals surface area contributed by atoms with E-state index in [1.165, 1.54) is 4.90 Å². The predicted octanol–water partition coefficient (Wildman–Crippen LogP) is 3.13. The Kier molecular flexibility index (Phi) is 5.76. The van der Waals surface area contributed by atoms with Crippen molar-refractivity contribution in [2.45, 2.75) is 6.42 Å². The smallest absolute Gasteiger partial charge is 0.311 e. The summed E-state index contributed by atoms with van der Waals surface area (Å²) in [6.45, 7) is -0.146. The Morgan fingerprint density at radius 3 is 2.41 bits per heavy atom. The van der Waals surface area contributed by atoms with Crippen molar-refractivity contribution in [1.82, 2.24) is 0 Å². The van der Waals surface area contributed by atoms with Crippen LogP contribution in [0.4, 0.5) is 5.69 Å². The molecule has 7 heteroatoms. The molecule has 1 fully saturated rings. The summed E-state index contributed by atoms with van der Waals surface area (Å²) >= 11 is 5.78. The number of rotatable bonds is 6. The molecule has 0 N–H and O–H groups in total. The van der Waals surface area contributed by atoms with Crippen molar-refractivity contribution in [2.75, 3.05) is 25.2 Å². The largest absolute Gasteiger partial charge is 0.497 e. The van der Waals surface area contributed by atoms with E-state index >= 15 is 0 Å². The summed E-state index contributed by atoms with van der Waals surface area (Å²) in [4.78, 5) is 38.1. The average molecular weight is 388 g/mol. The van der Waals surface area contributed by atoms with E-state index in [2.05, 4.69) is 0 Å². The Balaban J connectivity index is 1.56. The first-order valence-electron chi connectivity index (χ1n) is 8.37. The summed E-state index contributed by atoms with van der Waals surface area (Å²) in [5, 5.41) is 0.520. The fourth-order valence-electron chi connectivity index (χ4n) is 2.85. The SMILES string of the molecule is COc1ccc(N2CC(C(=O)OCC(=O)c3ccc(Cl)cc3)CC2=O)cc1. The number of Topliss-reactive ketones (excluding diaryl/α,β-unsaturated/α-hetero) is 1. The van der Waals surface area contributed by atoms with Gasteiger partial charge in [0.15, 0.2) is 12.4 Å². The second-order valence-electron chi connectivity index (χ2n) is 6.14. The van der Waals surface area contributed by atoms with Crippen molar-refractivity contribution in [3.63, 3.8) is 0 Å². The van der Waals surface area contributed by atoms with Crippen molar-refractivity contribution in [2.24, 2.45) is 5.92 Å². The average Bonchev–Trinajstić information content (AvgIpc) is 3.08. The minimum atomic E-state index is -0.599. The van der Waals surface area contributed by atoms with Crippen LogP contribution in [0.3, 0.4) is 0 Å². The van der Waals surface area contributed by atoms with Crippen LogP contribution >= 0.6 is 11.6 Å². The van der Waals surface area contributed by atoms with Gasteiger partial charge in [-0.2, -0.15) is 0 Å². The van der Waals surface area contributed by atoms with Gasteiger partial charge < -0.3 is 14.4 Å². The quantitative estimate of drug-likeness (QED) is 0.562. The van der Waals surface area contributed by atoms with Gasteiger partial charge in [0.05, 0.1) is 13.0 Å². The van der Waals surface area contributed by atoms with E-state index in [-0.39, 0.29) is 31.3 Å². The van der Waals surface area contributed by atoms with E-state index in [1.54, 1.807) is 55.6 Å². The maximum Gasteiger partial charge on any atom is 0.311 e. The van der Waals surface area contributed by atoms with Crippen LogP contribution in [-0.4, -0.2) is 37.9 Å². The molecule has 1 amide bonds. The summed E-state index contributed by atoms with van der Waals surface area (Å²) in [5.41, 5.74) is 1.10. The molecular weight excluding hydrogens is 370 g/mol. The zero-order valence-electron chi connectivity index (χ0n) is 14.7. The molecule has 1 heterocycles. The number of carbonyl (C=O) groups excluding carboxylic acids is 3. The van der Waals surface area contributed by atoms with E-state index < -0.39 is 11.9 Å². The highest BCUT2D eigenvalue weighted by Gasteiger charge is 2.36. The maximum atomic E-state index is 12.3. The molecule has 0 aromatic heterocycles. The molecule has 2 aromatic carbocycles. The summed E-state index contributed by atoms with van der Waals surface area (Å²) < 4.78 is 10.2. The van der Waals surface area contributed by atoms with Crippen LogP contribution in [0, 0.1) is 5.92 Å². The molecule has 1 atom stereocenters. The lowest BCUT2D eigenvalue weighted by atomic mass is 10.1. The molecule has 0 aliphatic carbocycles. The minimum Gasteiger partial charge on any atom is -0.497 e. The number of amides is 1. The zero-order chi connectivity index (χ0) is 19.4. The first-order valence-corrected chi connectivity index (χ1v) is 8.75. The second-order valence-corrected chi connectivity index (χ2v) is 6.58. The minimum absolute atomic E-state index is 0.0556. The van der Waals surface area contributed by atoms with E-state index in [1.807, 2.05) is 0 Å². The first-order chi connectivity index (χ1) is 13.0. The van der Waals surface area contributed by atoms with E-state index in [4.69, 9.17) is 21.1 Å². The molecule has 1 aliphatic rings. The number of esters is 1. The molecule has 140 valence electrons. The lowest BCUT2D eigenvalue weighted by molar-refractivity contribution is -0.147. The van der Waals surface area contributed by atoms with Crippen molar-refractivity contribution < 1.29 is 23.9 Å². The highest BCUT2D eigenvalue weighted by Crippen LogP contribution is 2.27. The Morgan fingerprint density at radius 2 is 1.78 bits per heavy atom. The van der Waals surface area contributed by atoms with Crippen LogP contribution in [0.2, 0.25) is 5.02 Å². The van der Waals surface area contributed by atoms with Crippen molar-refractivity contribution in [3.05, 3.63) is 59.1 Å². The molecule has 27 heavy (non-hydrogen) atoms. The first kappa shape index (κ1) is 18.9. The summed E-state index contributed by atoms with van der Waals surface area (Å²) in [6, 6.07) is 13.4. The van der Waals surface area contributed by atoms with Crippen LogP contribution < -0.4 is 9.64 Å². The van der Waals surface area contributed by atoms with Gasteiger partial charge in [0.25, 0.3) is 0 Å². The molecule has 2 aromatic rings. The zero-order valence-corrected chi connectivity index (χ0v) is 15.4. The third-order valence-electron chi connectivity index (χ3n) is 4.35. The van der Waals surface area contributed by atoms with Gasteiger partial charge in [0.1, 0.15) is 5.75 Å². The van der Waals surface area contributed by atoms with Crippen LogP contribution in [0.15, 0.2) is 48.5 Å². The fourth-order valence-corrected chi connectivity index (χ4v) is 2.98. The number of carbonyl (C=O) groups is 3. The normalized spacial score (nSPS) is 16.3. The van der Waals surface area contributed by atoms with Crippen LogP contribution in [0.1, 0.15) is 16.8 Å². The number of ether oxygens (including phenoxy) is 2. The molecular formula is C20H18ClNO5. The molecule has 1 saturated heterocycles. The van der Waals surface area contributed by atoms with Crippen LogP contribution in [-0.2, 0) is 14.3 Å². The summed E-state index contributed by atoms with van der Waals surface area (Å²) in [5.74, 6) is -0.955.